The lowest BCUT2D eigenvalue weighted by Gasteiger charge is -2.10. The van der Waals surface area contributed by atoms with Crippen molar-refractivity contribution in [3.63, 3.8) is 0 Å². The number of imidazole rings is 1. The van der Waals surface area contributed by atoms with Gasteiger partial charge in [-0.15, -0.1) is 5.92 Å². The summed E-state index contributed by atoms with van der Waals surface area (Å²) in [4.78, 5) is 26.2. The molecule has 0 saturated carbocycles. The molecule has 27 heavy (non-hydrogen) atoms. The Labute approximate surface area is 156 Å². The Kier molecular flexibility index (Phi) is 5.68. The van der Waals surface area contributed by atoms with Crippen molar-refractivity contribution in [2.45, 2.75) is 20.0 Å². The van der Waals surface area contributed by atoms with Crippen LogP contribution in [-0.2, 0) is 20.1 Å². The van der Waals surface area contributed by atoms with Gasteiger partial charge in [-0.1, -0.05) is 12.0 Å². The SMILES string of the molecule is CC#CCn1c(NCCN)nc2nc(NCc3ccccn3)n(C)c(=O)c21. The largest absolute Gasteiger partial charge is 0.354 e. The third-order valence-corrected chi connectivity index (χ3v) is 3.98. The molecule has 0 radical (unpaired) electrons. The van der Waals surface area contributed by atoms with Crippen LogP contribution in [0.4, 0.5) is 11.9 Å². The molecular weight excluding hydrogens is 344 g/mol. The van der Waals surface area contributed by atoms with Crippen molar-refractivity contribution in [1.29, 1.82) is 0 Å². The van der Waals surface area contributed by atoms with E-state index in [1.165, 1.54) is 4.57 Å². The maximum atomic E-state index is 12.9. The van der Waals surface area contributed by atoms with Gasteiger partial charge in [-0.2, -0.15) is 9.97 Å². The topological polar surface area (TPSA) is 116 Å². The lowest BCUT2D eigenvalue weighted by atomic mass is 10.3. The van der Waals surface area contributed by atoms with E-state index < -0.39 is 0 Å². The molecule has 0 aliphatic carbocycles. The van der Waals surface area contributed by atoms with Crippen LogP contribution in [0.2, 0.25) is 0 Å². The Hall–Kier alpha value is -3.38. The van der Waals surface area contributed by atoms with E-state index >= 15 is 0 Å². The molecule has 3 heterocycles. The summed E-state index contributed by atoms with van der Waals surface area (Å²) in [6.45, 7) is 3.53. The zero-order valence-electron chi connectivity index (χ0n) is 15.4. The van der Waals surface area contributed by atoms with E-state index in [0.29, 0.717) is 49.2 Å². The molecule has 3 aromatic heterocycles. The number of hydrogen-bond acceptors (Lipinski definition) is 7. The molecule has 0 atom stereocenters. The molecule has 0 aliphatic heterocycles. The molecule has 0 fully saturated rings. The molecule has 3 aromatic rings. The normalized spacial score (nSPS) is 10.5. The predicted molar refractivity (Wildman–Crippen MR) is 105 cm³/mol. The quantitative estimate of drug-likeness (QED) is 0.522. The van der Waals surface area contributed by atoms with E-state index in [1.807, 2.05) is 18.2 Å². The molecular formula is C18H22N8O. The first-order valence-corrected chi connectivity index (χ1v) is 8.60. The fraction of sp³-hybridized carbons (Fsp3) is 0.333. The fourth-order valence-corrected chi connectivity index (χ4v) is 2.62. The second-order valence-electron chi connectivity index (χ2n) is 5.81. The number of rotatable bonds is 7. The summed E-state index contributed by atoms with van der Waals surface area (Å²) in [6.07, 6.45) is 1.72. The van der Waals surface area contributed by atoms with E-state index in [0.717, 1.165) is 5.69 Å². The van der Waals surface area contributed by atoms with Gasteiger partial charge in [0, 0.05) is 26.3 Å². The van der Waals surface area contributed by atoms with Gasteiger partial charge in [-0.3, -0.25) is 18.9 Å². The number of fused-ring (bicyclic) bond motifs is 1. The minimum atomic E-state index is -0.199. The maximum Gasteiger partial charge on any atom is 0.281 e. The first-order chi connectivity index (χ1) is 13.2. The van der Waals surface area contributed by atoms with Crippen molar-refractivity contribution >= 4 is 23.1 Å². The smallest absolute Gasteiger partial charge is 0.281 e. The third kappa shape index (κ3) is 3.91. The molecule has 0 unspecified atom stereocenters. The Morgan fingerprint density at radius 2 is 2.04 bits per heavy atom. The molecule has 0 bridgehead atoms. The molecule has 4 N–H and O–H groups in total. The molecule has 140 valence electrons. The lowest BCUT2D eigenvalue weighted by Crippen LogP contribution is -2.24. The first kappa shape index (κ1) is 18.4. The number of pyridine rings is 1. The van der Waals surface area contributed by atoms with Crippen LogP contribution < -0.4 is 21.9 Å². The lowest BCUT2D eigenvalue weighted by molar-refractivity contribution is 0.808. The van der Waals surface area contributed by atoms with E-state index in [1.54, 1.807) is 24.7 Å². The van der Waals surface area contributed by atoms with Crippen LogP contribution in [0.25, 0.3) is 11.2 Å². The molecule has 3 rings (SSSR count). The number of anilines is 2. The Morgan fingerprint density at radius 1 is 1.22 bits per heavy atom. The van der Waals surface area contributed by atoms with Gasteiger partial charge in [0.2, 0.25) is 11.9 Å². The summed E-state index contributed by atoms with van der Waals surface area (Å²) in [5.41, 5.74) is 6.98. The molecule has 0 amide bonds. The van der Waals surface area contributed by atoms with Crippen molar-refractivity contribution in [3.8, 4) is 11.8 Å². The first-order valence-electron chi connectivity index (χ1n) is 8.60. The Balaban J connectivity index is 2.01. The van der Waals surface area contributed by atoms with E-state index in [-0.39, 0.29) is 5.56 Å². The summed E-state index contributed by atoms with van der Waals surface area (Å²) in [5.74, 6) is 6.77. The molecule has 0 aliphatic rings. The average molecular weight is 366 g/mol. The summed E-state index contributed by atoms with van der Waals surface area (Å²) in [5, 5.41) is 6.27. The number of nitrogens with two attached hydrogens (primary N) is 1. The zero-order valence-corrected chi connectivity index (χ0v) is 15.4. The number of hydrogen-bond donors (Lipinski definition) is 3. The zero-order chi connectivity index (χ0) is 19.2. The number of nitrogens with one attached hydrogen (secondary N) is 2. The second-order valence-corrected chi connectivity index (χ2v) is 5.81. The van der Waals surface area contributed by atoms with Gasteiger partial charge in [0.25, 0.3) is 5.56 Å². The van der Waals surface area contributed by atoms with Crippen molar-refractivity contribution in [3.05, 3.63) is 40.4 Å². The van der Waals surface area contributed by atoms with E-state index in [9.17, 15) is 4.79 Å². The standard InChI is InChI=1S/C18H22N8O/c1-3-4-11-26-14-15(24-18(26)21-10-8-19)23-17(25(2)16(14)27)22-12-13-7-5-6-9-20-13/h5-7,9H,8,10-12,19H2,1-2H3,(H,21,24)(H,22,23). The van der Waals surface area contributed by atoms with Crippen LogP contribution in [0.1, 0.15) is 12.6 Å². The molecule has 0 saturated heterocycles. The third-order valence-electron chi connectivity index (χ3n) is 3.98. The summed E-state index contributed by atoms with van der Waals surface area (Å²) in [7, 11) is 1.67. The van der Waals surface area contributed by atoms with E-state index in [2.05, 4.69) is 37.4 Å². The monoisotopic (exact) mass is 366 g/mol. The molecule has 9 nitrogen and oxygen atoms in total. The average Bonchev–Trinajstić information content (AvgIpc) is 3.04. The predicted octanol–water partition coefficient (Wildman–Crippen LogP) is 0.531. The van der Waals surface area contributed by atoms with Crippen LogP contribution >= 0.6 is 0 Å². The number of aromatic nitrogens is 5. The summed E-state index contributed by atoms with van der Waals surface area (Å²) >= 11 is 0. The van der Waals surface area contributed by atoms with Crippen LogP contribution in [0.5, 0.6) is 0 Å². The van der Waals surface area contributed by atoms with Gasteiger partial charge in [-0.05, 0) is 19.1 Å². The Bertz CT molecular complexity index is 1040. The maximum absolute atomic E-state index is 12.9. The Morgan fingerprint density at radius 3 is 2.74 bits per heavy atom. The van der Waals surface area contributed by atoms with Crippen molar-refractivity contribution in [1.82, 2.24) is 24.1 Å². The molecule has 0 aromatic carbocycles. The van der Waals surface area contributed by atoms with Crippen LogP contribution in [0.15, 0.2) is 29.2 Å². The van der Waals surface area contributed by atoms with Crippen LogP contribution in [-0.4, -0.2) is 37.2 Å². The highest BCUT2D eigenvalue weighted by Crippen LogP contribution is 2.17. The van der Waals surface area contributed by atoms with Crippen molar-refractivity contribution < 1.29 is 0 Å². The van der Waals surface area contributed by atoms with Gasteiger partial charge < -0.3 is 16.4 Å². The van der Waals surface area contributed by atoms with Gasteiger partial charge in [0.05, 0.1) is 18.8 Å². The van der Waals surface area contributed by atoms with E-state index in [4.69, 9.17) is 5.73 Å². The number of nitrogens with zero attached hydrogens (tertiary/aromatic N) is 5. The molecule has 9 heteroatoms. The van der Waals surface area contributed by atoms with Crippen LogP contribution in [0.3, 0.4) is 0 Å². The highest BCUT2D eigenvalue weighted by atomic mass is 16.1. The highest BCUT2D eigenvalue weighted by molar-refractivity contribution is 5.75. The fourth-order valence-electron chi connectivity index (χ4n) is 2.62. The highest BCUT2D eigenvalue weighted by Gasteiger charge is 2.17. The van der Waals surface area contributed by atoms with Crippen LogP contribution in [0, 0.1) is 11.8 Å². The van der Waals surface area contributed by atoms with Crippen molar-refractivity contribution in [2.75, 3.05) is 23.7 Å². The minimum Gasteiger partial charge on any atom is -0.354 e. The van der Waals surface area contributed by atoms with Gasteiger partial charge >= 0.3 is 0 Å². The minimum absolute atomic E-state index is 0.199. The molecule has 0 spiro atoms. The summed E-state index contributed by atoms with van der Waals surface area (Å²) in [6, 6.07) is 5.66. The van der Waals surface area contributed by atoms with Gasteiger partial charge in [0.1, 0.15) is 0 Å². The van der Waals surface area contributed by atoms with Gasteiger partial charge in [0.15, 0.2) is 11.2 Å². The summed E-state index contributed by atoms with van der Waals surface area (Å²) < 4.78 is 3.20. The van der Waals surface area contributed by atoms with Gasteiger partial charge in [-0.25, -0.2) is 0 Å². The van der Waals surface area contributed by atoms with Crippen molar-refractivity contribution in [2.24, 2.45) is 12.8 Å². The second kappa shape index (κ2) is 8.33.